The van der Waals surface area contributed by atoms with Gasteiger partial charge in [-0.05, 0) is 12.1 Å². The van der Waals surface area contributed by atoms with Crippen LogP contribution in [0.15, 0.2) is 36.4 Å². The molecule has 3 rings (SSSR count). The lowest BCUT2D eigenvalue weighted by molar-refractivity contribution is -0.135. The zero-order valence-electron chi connectivity index (χ0n) is 13.4. The minimum Gasteiger partial charge on any atom is -0.480 e. The van der Waals surface area contributed by atoms with E-state index < -0.39 is 36.6 Å². The van der Waals surface area contributed by atoms with Crippen LogP contribution in [-0.4, -0.2) is 46.8 Å². The van der Waals surface area contributed by atoms with Gasteiger partial charge in [-0.3, -0.25) is 19.2 Å². The van der Waals surface area contributed by atoms with Crippen molar-refractivity contribution < 1.29 is 29.4 Å². The monoisotopic (exact) mass is 354 g/mol. The highest BCUT2D eigenvalue weighted by atomic mass is 16.4. The Morgan fingerprint density at radius 2 is 1.12 bits per heavy atom. The van der Waals surface area contributed by atoms with Gasteiger partial charge in [0.15, 0.2) is 11.6 Å². The summed E-state index contributed by atoms with van der Waals surface area (Å²) in [5.41, 5.74) is 1.03. The Kier molecular flexibility index (Phi) is 4.40. The van der Waals surface area contributed by atoms with E-state index in [2.05, 4.69) is 10.6 Å². The van der Waals surface area contributed by atoms with E-state index in [-0.39, 0.29) is 33.6 Å². The Labute approximate surface area is 147 Å². The molecule has 26 heavy (non-hydrogen) atoms. The van der Waals surface area contributed by atoms with Gasteiger partial charge in [0.1, 0.15) is 13.1 Å². The second kappa shape index (κ2) is 6.67. The number of carbonyl (C=O) groups is 4. The number of benzene rings is 2. The predicted octanol–water partition coefficient (Wildman–Crippen LogP) is 1.45. The van der Waals surface area contributed by atoms with Gasteiger partial charge in [0, 0.05) is 22.5 Å². The number of hydrogen-bond acceptors (Lipinski definition) is 6. The summed E-state index contributed by atoms with van der Waals surface area (Å²) in [6.07, 6.45) is 0. The number of fused-ring (bicyclic) bond motifs is 2. The molecule has 1 aliphatic rings. The lowest BCUT2D eigenvalue weighted by atomic mass is 9.82. The first-order chi connectivity index (χ1) is 12.4. The van der Waals surface area contributed by atoms with E-state index in [1.165, 1.54) is 24.3 Å². The van der Waals surface area contributed by atoms with E-state index in [1.54, 1.807) is 12.1 Å². The standard InChI is InChI=1S/C18H14N2O6/c21-13(22)7-19-11-5-1-3-9-15(11)18(26)10-4-2-6-12(16(10)17(9)25)20-8-14(23)24/h1-6,19-20H,7-8H2,(H,21,22)(H,23,24). The zero-order chi connectivity index (χ0) is 18.8. The van der Waals surface area contributed by atoms with Gasteiger partial charge in [0.05, 0.1) is 11.1 Å². The first kappa shape index (κ1) is 17.2. The van der Waals surface area contributed by atoms with Crippen LogP contribution in [0.4, 0.5) is 11.4 Å². The maximum Gasteiger partial charge on any atom is 0.322 e. The van der Waals surface area contributed by atoms with Crippen molar-refractivity contribution in [2.75, 3.05) is 23.7 Å². The van der Waals surface area contributed by atoms with Crippen molar-refractivity contribution >= 4 is 34.9 Å². The smallest absolute Gasteiger partial charge is 0.322 e. The number of aliphatic carboxylic acids is 2. The molecule has 0 spiro atoms. The molecule has 0 atom stereocenters. The maximum atomic E-state index is 12.9. The van der Waals surface area contributed by atoms with E-state index in [4.69, 9.17) is 10.2 Å². The topological polar surface area (TPSA) is 133 Å². The molecule has 0 aromatic heterocycles. The van der Waals surface area contributed by atoms with Crippen molar-refractivity contribution in [2.45, 2.75) is 0 Å². The van der Waals surface area contributed by atoms with Gasteiger partial charge in [-0.15, -0.1) is 0 Å². The molecule has 0 saturated heterocycles. The minimum absolute atomic E-state index is 0.113. The SMILES string of the molecule is O=C(O)CNc1cccc2c1C(=O)c1cccc(NCC(=O)O)c1C2=O. The largest absolute Gasteiger partial charge is 0.480 e. The summed E-state index contributed by atoms with van der Waals surface area (Å²) in [7, 11) is 0. The Bertz CT molecular complexity index is 873. The number of rotatable bonds is 6. The van der Waals surface area contributed by atoms with Crippen LogP contribution in [0.2, 0.25) is 0 Å². The average Bonchev–Trinajstić information content (AvgIpc) is 2.62. The Balaban J connectivity index is 2.08. The molecular formula is C18H14N2O6. The normalized spacial score (nSPS) is 12.2. The Morgan fingerprint density at radius 1 is 0.731 bits per heavy atom. The fourth-order valence-corrected chi connectivity index (χ4v) is 2.88. The minimum atomic E-state index is -1.10. The molecule has 1 aliphatic carbocycles. The number of ketones is 2. The fraction of sp³-hybridized carbons (Fsp3) is 0.111. The van der Waals surface area contributed by atoms with Crippen LogP contribution in [0.5, 0.6) is 0 Å². The van der Waals surface area contributed by atoms with Gasteiger partial charge in [-0.25, -0.2) is 0 Å². The van der Waals surface area contributed by atoms with E-state index in [0.29, 0.717) is 0 Å². The molecule has 0 amide bonds. The highest BCUT2D eigenvalue weighted by Crippen LogP contribution is 2.35. The molecule has 132 valence electrons. The highest BCUT2D eigenvalue weighted by Gasteiger charge is 2.33. The lowest BCUT2D eigenvalue weighted by Gasteiger charge is -2.22. The number of anilines is 2. The van der Waals surface area contributed by atoms with Gasteiger partial charge in [0.2, 0.25) is 0 Å². The number of nitrogens with one attached hydrogen (secondary N) is 2. The summed E-state index contributed by atoms with van der Waals surface area (Å²) in [5.74, 6) is -3.06. The van der Waals surface area contributed by atoms with Crippen LogP contribution in [0.1, 0.15) is 31.8 Å². The Morgan fingerprint density at radius 3 is 1.46 bits per heavy atom. The van der Waals surface area contributed by atoms with Crippen LogP contribution < -0.4 is 10.6 Å². The molecule has 0 radical (unpaired) electrons. The summed E-state index contributed by atoms with van der Waals surface area (Å²) in [6, 6.07) is 9.13. The van der Waals surface area contributed by atoms with E-state index in [9.17, 15) is 19.2 Å². The number of carbonyl (C=O) groups excluding carboxylic acids is 2. The molecule has 8 heteroatoms. The first-order valence-electron chi connectivity index (χ1n) is 7.67. The molecule has 2 aromatic rings. The van der Waals surface area contributed by atoms with Gasteiger partial charge in [-0.1, -0.05) is 24.3 Å². The van der Waals surface area contributed by atoms with E-state index >= 15 is 0 Å². The first-order valence-corrected chi connectivity index (χ1v) is 7.67. The van der Waals surface area contributed by atoms with Gasteiger partial charge < -0.3 is 20.8 Å². The molecular weight excluding hydrogens is 340 g/mol. The van der Waals surface area contributed by atoms with Crippen LogP contribution in [0, 0.1) is 0 Å². The third-order valence-electron chi connectivity index (χ3n) is 3.93. The molecule has 8 nitrogen and oxygen atoms in total. The fourth-order valence-electron chi connectivity index (χ4n) is 2.88. The summed E-state index contributed by atoms with van der Waals surface area (Å²) in [6.45, 7) is -0.796. The van der Waals surface area contributed by atoms with Gasteiger partial charge in [0.25, 0.3) is 0 Å². The van der Waals surface area contributed by atoms with E-state index in [1.807, 2.05) is 0 Å². The van der Waals surface area contributed by atoms with Gasteiger partial charge >= 0.3 is 11.9 Å². The van der Waals surface area contributed by atoms with Gasteiger partial charge in [-0.2, -0.15) is 0 Å². The third-order valence-corrected chi connectivity index (χ3v) is 3.93. The molecule has 0 heterocycles. The third kappa shape index (κ3) is 3.00. The van der Waals surface area contributed by atoms with Crippen molar-refractivity contribution in [3.8, 4) is 0 Å². The summed E-state index contributed by atoms with van der Waals surface area (Å²) >= 11 is 0. The summed E-state index contributed by atoms with van der Waals surface area (Å²) < 4.78 is 0. The average molecular weight is 354 g/mol. The highest BCUT2D eigenvalue weighted by molar-refractivity contribution is 6.31. The summed E-state index contributed by atoms with van der Waals surface area (Å²) in [5, 5.41) is 22.9. The van der Waals surface area contributed by atoms with Crippen molar-refractivity contribution in [1.82, 2.24) is 0 Å². The Hall–Kier alpha value is -3.68. The van der Waals surface area contributed by atoms with Crippen molar-refractivity contribution in [3.05, 3.63) is 58.7 Å². The lowest BCUT2D eigenvalue weighted by Crippen LogP contribution is -2.25. The second-order valence-corrected chi connectivity index (χ2v) is 5.61. The predicted molar refractivity (Wildman–Crippen MR) is 92.0 cm³/mol. The molecule has 0 fully saturated rings. The van der Waals surface area contributed by atoms with Crippen LogP contribution in [0.3, 0.4) is 0 Å². The van der Waals surface area contributed by atoms with Crippen LogP contribution >= 0.6 is 0 Å². The second-order valence-electron chi connectivity index (χ2n) is 5.61. The van der Waals surface area contributed by atoms with Crippen molar-refractivity contribution in [2.24, 2.45) is 0 Å². The quantitative estimate of drug-likeness (QED) is 0.523. The molecule has 0 saturated carbocycles. The molecule has 0 aliphatic heterocycles. The number of carboxylic acids is 2. The molecule has 0 unspecified atom stereocenters. The molecule has 4 N–H and O–H groups in total. The number of carboxylic acid groups (broad SMARTS) is 2. The maximum absolute atomic E-state index is 12.9. The van der Waals surface area contributed by atoms with E-state index in [0.717, 1.165) is 0 Å². The summed E-state index contributed by atoms with van der Waals surface area (Å²) in [4.78, 5) is 47.4. The van der Waals surface area contributed by atoms with Crippen molar-refractivity contribution in [3.63, 3.8) is 0 Å². The molecule has 0 bridgehead atoms. The van der Waals surface area contributed by atoms with Crippen molar-refractivity contribution in [1.29, 1.82) is 0 Å². The van der Waals surface area contributed by atoms with Crippen LogP contribution in [0.25, 0.3) is 0 Å². The zero-order valence-corrected chi connectivity index (χ0v) is 13.4. The van der Waals surface area contributed by atoms with Crippen LogP contribution in [-0.2, 0) is 9.59 Å². The number of hydrogen-bond donors (Lipinski definition) is 4. The molecule has 2 aromatic carbocycles.